The summed E-state index contributed by atoms with van der Waals surface area (Å²) in [6.07, 6.45) is 6.64. The minimum absolute atomic E-state index is 0.0296. The van der Waals surface area contributed by atoms with Gasteiger partial charge in [0, 0.05) is 26.3 Å². The van der Waals surface area contributed by atoms with Gasteiger partial charge in [-0.05, 0) is 44.6 Å². The molecule has 2 N–H and O–H groups in total. The van der Waals surface area contributed by atoms with Crippen molar-refractivity contribution in [2.75, 3.05) is 26.3 Å². The maximum Gasteiger partial charge on any atom is 0.245 e. The molecule has 100 valence electrons. The summed E-state index contributed by atoms with van der Waals surface area (Å²) in [5, 5.41) is 17.3. The van der Waals surface area contributed by atoms with E-state index in [1.54, 1.807) is 4.90 Å². The standard InChI is InChI=1S/C13H25NO3/c1-2-13(17)14(9-5-3-7-11-15)10-6-4-8-12-16/h2,15-16H,1,3-12H2. The fourth-order valence-corrected chi connectivity index (χ4v) is 1.64. The second kappa shape index (κ2) is 11.6. The lowest BCUT2D eigenvalue weighted by molar-refractivity contribution is -0.126. The zero-order valence-corrected chi connectivity index (χ0v) is 10.6. The molecule has 4 heteroatoms. The van der Waals surface area contributed by atoms with Gasteiger partial charge in [0.1, 0.15) is 0 Å². The summed E-state index contributed by atoms with van der Waals surface area (Å²) >= 11 is 0. The van der Waals surface area contributed by atoms with Gasteiger partial charge in [-0.2, -0.15) is 0 Å². The highest BCUT2D eigenvalue weighted by Gasteiger charge is 2.08. The second-order valence-electron chi connectivity index (χ2n) is 4.10. The smallest absolute Gasteiger partial charge is 0.245 e. The van der Waals surface area contributed by atoms with Crippen LogP contribution >= 0.6 is 0 Å². The lowest BCUT2D eigenvalue weighted by atomic mass is 10.2. The van der Waals surface area contributed by atoms with Crippen molar-refractivity contribution in [2.24, 2.45) is 0 Å². The van der Waals surface area contributed by atoms with Crippen molar-refractivity contribution < 1.29 is 15.0 Å². The number of nitrogens with zero attached hydrogens (tertiary/aromatic N) is 1. The van der Waals surface area contributed by atoms with E-state index in [9.17, 15) is 4.79 Å². The number of carbonyl (C=O) groups is 1. The first-order valence-corrected chi connectivity index (χ1v) is 6.39. The molecule has 0 fully saturated rings. The topological polar surface area (TPSA) is 60.8 Å². The van der Waals surface area contributed by atoms with Gasteiger partial charge in [0.2, 0.25) is 5.91 Å². The summed E-state index contributed by atoms with van der Waals surface area (Å²) in [6, 6.07) is 0. The Morgan fingerprint density at radius 3 is 1.76 bits per heavy atom. The first-order valence-electron chi connectivity index (χ1n) is 6.39. The molecule has 0 spiro atoms. The molecule has 0 radical (unpaired) electrons. The summed E-state index contributed by atoms with van der Waals surface area (Å²) in [6.45, 7) is 5.38. The maximum absolute atomic E-state index is 11.5. The van der Waals surface area contributed by atoms with Gasteiger partial charge in [0.15, 0.2) is 0 Å². The highest BCUT2D eigenvalue weighted by atomic mass is 16.3. The number of hydrogen-bond acceptors (Lipinski definition) is 3. The van der Waals surface area contributed by atoms with Crippen LogP contribution < -0.4 is 0 Å². The predicted octanol–water partition coefficient (Wildman–Crippen LogP) is 1.33. The first-order chi connectivity index (χ1) is 8.26. The van der Waals surface area contributed by atoms with Gasteiger partial charge in [-0.25, -0.2) is 0 Å². The number of rotatable bonds is 11. The molecule has 0 aliphatic rings. The fraction of sp³-hybridized carbons (Fsp3) is 0.769. The van der Waals surface area contributed by atoms with E-state index in [4.69, 9.17) is 10.2 Å². The monoisotopic (exact) mass is 243 g/mol. The average molecular weight is 243 g/mol. The molecule has 0 aromatic carbocycles. The molecule has 0 atom stereocenters. The normalized spacial score (nSPS) is 10.2. The van der Waals surface area contributed by atoms with Crippen molar-refractivity contribution in [1.29, 1.82) is 0 Å². The van der Waals surface area contributed by atoms with E-state index in [0.29, 0.717) is 0 Å². The van der Waals surface area contributed by atoms with E-state index in [1.165, 1.54) is 6.08 Å². The van der Waals surface area contributed by atoms with Crippen molar-refractivity contribution in [3.63, 3.8) is 0 Å². The van der Waals surface area contributed by atoms with Gasteiger partial charge < -0.3 is 15.1 Å². The van der Waals surface area contributed by atoms with E-state index in [2.05, 4.69) is 6.58 Å². The molecule has 0 saturated carbocycles. The van der Waals surface area contributed by atoms with Crippen LogP contribution in [0.3, 0.4) is 0 Å². The molecule has 0 saturated heterocycles. The van der Waals surface area contributed by atoms with Gasteiger partial charge in [0.25, 0.3) is 0 Å². The van der Waals surface area contributed by atoms with Crippen molar-refractivity contribution in [3.8, 4) is 0 Å². The van der Waals surface area contributed by atoms with Gasteiger partial charge in [-0.15, -0.1) is 0 Å². The third-order valence-corrected chi connectivity index (χ3v) is 2.66. The van der Waals surface area contributed by atoms with Crippen LogP contribution in [0.25, 0.3) is 0 Å². The number of unbranched alkanes of at least 4 members (excludes halogenated alkanes) is 4. The highest BCUT2D eigenvalue weighted by molar-refractivity contribution is 5.86. The number of carbonyl (C=O) groups excluding carboxylic acids is 1. The second-order valence-corrected chi connectivity index (χ2v) is 4.10. The third kappa shape index (κ3) is 8.89. The van der Waals surface area contributed by atoms with Crippen molar-refractivity contribution in [2.45, 2.75) is 38.5 Å². The predicted molar refractivity (Wildman–Crippen MR) is 68.7 cm³/mol. The molecule has 0 bridgehead atoms. The summed E-state index contributed by atoms with van der Waals surface area (Å²) < 4.78 is 0. The number of aliphatic hydroxyl groups is 2. The van der Waals surface area contributed by atoms with Crippen LogP contribution in [0.15, 0.2) is 12.7 Å². The third-order valence-electron chi connectivity index (χ3n) is 2.66. The van der Waals surface area contributed by atoms with Crippen molar-refractivity contribution >= 4 is 5.91 Å². The molecule has 4 nitrogen and oxygen atoms in total. The van der Waals surface area contributed by atoms with E-state index < -0.39 is 0 Å². The van der Waals surface area contributed by atoms with Crippen LogP contribution in [0.4, 0.5) is 0 Å². The van der Waals surface area contributed by atoms with E-state index in [1.807, 2.05) is 0 Å². The molecule has 0 aromatic rings. The molecule has 0 aliphatic carbocycles. The molecule has 1 amide bonds. The molecular formula is C13H25NO3. The van der Waals surface area contributed by atoms with Crippen molar-refractivity contribution in [1.82, 2.24) is 4.90 Å². The zero-order valence-electron chi connectivity index (χ0n) is 10.6. The van der Waals surface area contributed by atoms with Crippen LogP contribution in [0.1, 0.15) is 38.5 Å². The highest BCUT2D eigenvalue weighted by Crippen LogP contribution is 2.03. The van der Waals surface area contributed by atoms with Gasteiger partial charge in [0.05, 0.1) is 0 Å². The Bertz CT molecular complexity index is 195. The first kappa shape index (κ1) is 16.1. The molecule has 17 heavy (non-hydrogen) atoms. The quantitative estimate of drug-likeness (QED) is 0.425. The van der Waals surface area contributed by atoms with Crippen LogP contribution in [0.2, 0.25) is 0 Å². The minimum atomic E-state index is -0.0296. The Labute approximate surface area is 104 Å². The van der Waals surface area contributed by atoms with Crippen LogP contribution in [-0.4, -0.2) is 47.3 Å². The number of hydrogen-bond donors (Lipinski definition) is 2. The lowest BCUT2D eigenvalue weighted by Gasteiger charge is -2.21. The Balaban J connectivity index is 3.80. The Kier molecular flexibility index (Phi) is 11.0. The summed E-state index contributed by atoms with van der Waals surface area (Å²) in [4.78, 5) is 13.3. The maximum atomic E-state index is 11.5. The van der Waals surface area contributed by atoms with Gasteiger partial charge >= 0.3 is 0 Å². The molecule has 0 heterocycles. The van der Waals surface area contributed by atoms with E-state index in [0.717, 1.165) is 51.6 Å². The van der Waals surface area contributed by atoms with Crippen molar-refractivity contribution in [3.05, 3.63) is 12.7 Å². The SMILES string of the molecule is C=CC(=O)N(CCCCCO)CCCCCO. The van der Waals surface area contributed by atoms with Crippen LogP contribution in [0.5, 0.6) is 0 Å². The number of amides is 1. The average Bonchev–Trinajstić information content (AvgIpc) is 2.36. The Morgan fingerprint density at radius 2 is 1.41 bits per heavy atom. The zero-order chi connectivity index (χ0) is 12.9. The van der Waals surface area contributed by atoms with E-state index >= 15 is 0 Å². The van der Waals surface area contributed by atoms with Crippen LogP contribution in [-0.2, 0) is 4.79 Å². The minimum Gasteiger partial charge on any atom is -0.396 e. The molecule has 0 aromatic heterocycles. The van der Waals surface area contributed by atoms with Crippen LogP contribution in [0, 0.1) is 0 Å². The Morgan fingerprint density at radius 1 is 0.941 bits per heavy atom. The van der Waals surface area contributed by atoms with Gasteiger partial charge in [-0.1, -0.05) is 6.58 Å². The van der Waals surface area contributed by atoms with E-state index in [-0.39, 0.29) is 19.1 Å². The molecule has 0 aliphatic heterocycles. The summed E-state index contributed by atoms with van der Waals surface area (Å²) in [5.74, 6) is -0.0296. The number of aliphatic hydroxyl groups excluding tert-OH is 2. The largest absolute Gasteiger partial charge is 0.396 e. The molecular weight excluding hydrogens is 218 g/mol. The lowest BCUT2D eigenvalue weighted by Crippen LogP contribution is -2.31. The Hall–Kier alpha value is -0.870. The molecule has 0 rings (SSSR count). The van der Waals surface area contributed by atoms with Gasteiger partial charge in [-0.3, -0.25) is 4.79 Å². The summed E-state index contributed by atoms with van der Waals surface area (Å²) in [7, 11) is 0. The fourth-order valence-electron chi connectivity index (χ4n) is 1.64. The molecule has 0 unspecified atom stereocenters. The summed E-state index contributed by atoms with van der Waals surface area (Å²) in [5.41, 5.74) is 0.